The predicted molar refractivity (Wildman–Crippen MR) is 61.9 cm³/mol. The minimum Gasteiger partial charge on any atom is -0.481 e. The van der Waals surface area contributed by atoms with Gasteiger partial charge in [-0.3, -0.25) is 9.59 Å². The third kappa shape index (κ3) is 2.27. The van der Waals surface area contributed by atoms with Gasteiger partial charge in [0.15, 0.2) is 0 Å². The van der Waals surface area contributed by atoms with Gasteiger partial charge in [0, 0.05) is 31.1 Å². The van der Waals surface area contributed by atoms with Crippen LogP contribution in [0.25, 0.3) is 0 Å². The lowest BCUT2D eigenvalue weighted by Gasteiger charge is -2.16. The highest BCUT2D eigenvalue weighted by Crippen LogP contribution is 2.26. The maximum atomic E-state index is 11.8. The number of carbonyl (C=O) groups is 2. The molecule has 1 fully saturated rings. The fourth-order valence-corrected chi connectivity index (χ4v) is 1.91. The number of anilines is 1. The van der Waals surface area contributed by atoms with Gasteiger partial charge in [-0.1, -0.05) is 0 Å². The molecule has 0 bridgehead atoms. The lowest BCUT2D eigenvalue weighted by atomic mass is 10.1. The molecule has 0 saturated carbocycles. The summed E-state index contributed by atoms with van der Waals surface area (Å²) in [7, 11) is 1.52. The number of Topliss-reactive ketones (excluding diaryl/α,β-unsaturated/α-hetero) is 1. The average Bonchev–Trinajstić information content (AvgIpc) is 2.72. The van der Waals surface area contributed by atoms with Crippen molar-refractivity contribution in [1.82, 2.24) is 4.98 Å². The van der Waals surface area contributed by atoms with Crippen molar-refractivity contribution in [1.29, 1.82) is 0 Å². The van der Waals surface area contributed by atoms with E-state index in [1.165, 1.54) is 14.0 Å². The van der Waals surface area contributed by atoms with E-state index in [0.29, 0.717) is 18.8 Å². The lowest BCUT2D eigenvalue weighted by molar-refractivity contribution is -0.123. The quantitative estimate of drug-likeness (QED) is 0.783. The van der Waals surface area contributed by atoms with Crippen LogP contribution in [-0.4, -0.2) is 30.3 Å². The van der Waals surface area contributed by atoms with Gasteiger partial charge in [-0.05, 0) is 13.0 Å². The first-order chi connectivity index (χ1) is 8.11. The zero-order valence-electron chi connectivity index (χ0n) is 9.84. The SMILES string of the molecule is COc1cc(N2CC(C(C)=O)CC2=O)ccn1. The number of aromatic nitrogens is 1. The highest BCUT2D eigenvalue weighted by molar-refractivity contribution is 6.00. The van der Waals surface area contributed by atoms with Crippen LogP contribution >= 0.6 is 0 Å². The number of carbonyl (C=O) groups excluding carboxylic acids is 2. The number of ether oxygens (including phenoxy) is 1. The molecule has 0 aromatic carbocycles. The molecule has 0 spiro atoms. The molecule has 1 aromatic heterocycles. The number of rotatable bonds is 3. The smallest absolute Gasteiger partial charge is 0.227 e. The van der Waals surface area contributed by atoms with Crippen molar-refractivity contribution in [2.75, 3.05) is 18.6 Å². The second kappa shape index (κ2) is 4.53. The van der Waals surface area contributed by atoms with Gasteiger partial charge in [-0.25, -0.2) is 4.98 Å². The number of pyridine rings is 1. The molecule has 5 nitrogen and oxygen atoms in total. The molecule has 1 aliphatic heterocycles. The van der Waals surface area contributed by atoms with E-state index in [1.807, 2.05) is 0 Å². The van der Waals surface area contributed by atoms with E-state index in [2.05, 4.69) is 4.98 Å². The largest absolute Gasteiger partial charge is 0.481 e. The summed E-state index contributed by atoms with van der Waals surface area (Å²) in [5, 5.41) is 0. The maximum absolute atomic E-state index is 11.8. The third-order valence-corrected chi connectivity index (χ3v) is 2.94. The van der Waals surface area contributed by atoms with Gasteiger partial charge in [-0.15, -0.1) is 0 Å². The van der Waals surface area contributed by atoms with E-state index in [-0.39, 0.29) is 17.6 Å². The Hall–Kier alpha value is -1.91. The van der Waals surface area contributed by atoms with Crippen LogP contribution in [0.4, 0.5) is 5.69 Å². The van der Waals surface area contributed by atoms with Crippen LogP contribution in [0, 0.1) is 5.92 Å². The summed E-state index contributed by atoms with van der Waals surface area (Å²) in [5.41, 5.74) is 0.727. The summed E-state index contributed by atoms with van der Waals surface area (Å²) < 4.78 is 5.01. The van der Waals surface area contributed by atoms with Crippen molar-refractivity contribution in [3.8, 4) is 5.88 Å². The van der Waals surface area contributed by atoms with E-state index >= 15 is 0 Å². The molecule has 0 radical (unpaired) electrons. The van der Waals surface area contributed by atoms with E-state index in [4.69, 9.17) is 4.74 Å². The third-order valence-electron chi connectivity index (χ3n) is 2.94. The van der Waals surface area contributed by atoms with Crippen molar-refractivity contribution in [3.63, 3.8) is 0 Å². The predicted octanol–water partition coefficient (Wildman–Crippen LogP) is 1.03. The summed E-state index contributed by atoms with van der Waals surface area (Å²) in [4.78, 5) is 28.7. The Kier molecular flexibility index (Phi) is 3.08. The Morgan fingerprint density at radius 2 is 2.35 bits per heavy atom. The fourth-order valence-electron chi connectivity index (χ4n) is 1.91. The van der Waals surface area contributed by atoms with Crippen LogP contribution in [0.1, 0.15) is 13.3 Å². The standard InChI is InChI=1S/C12H14N2O3/c1-8(15)9-5-12(16)14(7-9)10-3-4-13-11(6-10)17-2/h3-4,6,9H,5,7H2,1-2H3. The van der Waals surface area contributed by atoms with Gasteiger partial charge in [0.2, 0.25) is 11.8 Å². The Morgan fingerprint density at radius 3 is 2.94 bits per heavy atom. The molecule has 1 aromatic rings. The average molecular weight is 234 g/mol. The Balaban J connectivity index is 2.22. The van der Waals surface area contributed by atoms with Gasteiger partial charge < -0.3 is 9.64 Å². The van der Waals surface area contributed by atoms with E-state index in [1.54, 1.807) is 23.2 Å². The zero-order valence-corrected chi connectivity index (χ0v) is 9.84. The molecule has 90 valence electrons. The van der Waals surface area contributed by atoms with Crippen LogP contribution in [0.5, 0.6) is 5.88 Å². The van der Waals surface area contributed by atoms with Gasteiger partial charge in [0.1, 0.15) is 5.78 Å². The van der Waals surface area contributed by atoms with Crippen molar-refractivity contribution in [3.05, 3.63) is 18.3 Å². The normalized spacial score (nSPS) is 19.5. The molecule has 2 heterocycles. The molecule has 5 heteroatoms. The van der Waals surface area contributed by atoms with Crippen molar-refractivity contribution < 1.29 is 14.3 Å². The molecule has 1 aliphatic rings. The van der Waals surface area contributed by atoms with E-state index in [0.717, 1.165) is 5.69 Å². The van der Waals surface area contributed by atoms with Gasteiger partial charge >= 0.3 is 0 Å². The first-order valence-electron chi connectivity index (χ1n) is 5.42. The number of hydrogen-bond acceptors (Lipinski definition) is 4. The summed E-state index contributed by atoms with van der Waals surface area (Å²) in [6.07, 6.45) is 1.88. The van der Waals surface area contributed by atoms with Gasteiger partial charge in [0.25, 0.3) is 0 Å². The molecular weight excluding hydrogens is 220 g/mol. The van der Waals surface area contributed by atoms with Crippen LogP contribution in [0.3, 0.4) is 0 Å². The first-order valence-corrected chi connectivity index (χ1v) is 5.42. The van der Waals surface area contributed by atoms with E-state index in [9.17, 15) is 9.59 Å². The molecule has 1 saturated heterocycles. The summed E-state index contributed by atoms with van der Waals surface area (Å²) in [5.74, 6) is 0.295. The number of methoxy groups -OCH3 is 1. The summed E-state index contributed by atoms with van der Waals surface area (Å²) in [6.45, 7) is 1.97. The van der Waals surface area contributed by atoms with Crippen LogP contribution < -0.4 is 9.64 Å². The highest BCUT2D eigenvalue weighted by atomic mass is 16.5. The topological polar surface area (TPSA) is 59.5 Å². The Morgan fingerprint density at radius 1 is 1.59 bits per heavy atom. The molecule has 0 aliphatic carbocycles. The molecule has 0 N–H and O–H groups in total. The van der Waals surface area contributed by atoms with Crippen LogP contribution in [-0.2, 0) is 9.59 Å². The zero-order chi connectivity index (χ0) is 12.4. The number of amides is 1. The van der Waals surface area contributed by atoms with Gasteiger partial charge in [-0.2, -0.15) is 0 Å². The fraction of sp³-hybridized carbons (Fsp3) is 0.417. The maximum Gasteiger partial charge on any atom is 0.227 e. The van der Waals surface area contributed by atoms with Crippen molar-refractivity contribution in [2.24, 2.45) is 5.92 Å². The molecule has 1 unspecified atom stereocenters. The van der Waals surface area contributed by atoms with Crippen LogP contribution in [0.15, 0.2) is 18.3 Å². The number of hydrogen-bond donors (Lipinski definition) is 0. The highest BCUT2D eigenvalue weighted by Gasteiger charge is 2.33. The van der Waals surface area contributed by atoms with Crippen LogP contribution in [0.2, 0.25) is 0 Å². The minimum absolute atomic E-state index is 0.0292. The van der Waals surface area contributed by atoms with E-state index < -0.39 is 0 Å². The molecule has 1 amide bonds. The lowest BCUT2D eigenvalue weighted by Crippen LogP contribution is -2.25. The monoisotopic (exact) mass is 234 g/mol. The number of nitrogens with zero attached hydrogens (tertiary/aromatic N) is 2. The van der Waals surface area contributed by atoms with Gasteiger partial charge in [0.05, 0.1) is 12.8 Å². The molecule has 17 heavy (non-hydrogen) atoms. The van der Waals surface area contributed by atoms with Crippen molar-refractivity contribution >= 4 is 17.4 Å². The summed E-state index contributed by atoms with van der Waals surface area (Å²) in [6, 6.07) is 3.43. The molecule has 2 rings (SSSR count). The first kappa shape index (κ1) is 11.6. The molecule has 1 atom stereocenters. The second-order valence-electron chi connectivity index (χ2n) is 4.07. The second-order valence-corrected chi connectivity index (χ2v) is 4.07. The summed E-state index contributed by atoms with van der Waals surface area (Å²) >= 11 is 0. The van der Waals surface area contributed by atoms with Crippen molar-refractivity contribution in [2.45, 2.75) is 13.3 Å². The number of ketones is 1. The Bertz CT molecular complexity index is 459. The minimum atomic E-state index is -0.193. The Labute approximate surface area is 99.4 Å². The molecular formula is C12H14N2O3.